The number of primary amides is 1. The van der Waals surface area contributed by atoms with Gasteiger partial charge >= 0.3 is 0 Å². The lowest BCUT2D eigenvalue weighted by Gasteiger charge is -2.18. The minimum atomic E-state index is -1.35. The molecule has 1 amide bonds. The van der Waals surface area contributed by atoms with E-state index in [1.165, 1.54) is 0 Å². The second-order valence-electron chi connectivity index (χ2n) is 3.05. The van der Waals surface area contributed by atoms with Gasteiger partial charge in [0.25, 0.3) is 0 Å². The standard InChI is InChI=1S/C10H13NO3/c11-10(14)9(13)8(6-12)7-4-2-1-3-5-7/h1-5,8-9,12-13H,6H2,(H2,11,14). The molecule has 0 aromatic heterocycles. The van der Waals surface area contributed by atoms with Crippen molar-refractivity contribution in [3.63, 3.8) is 0 Å². The summed E-state index contributed by atoms with van der Waals surface area (Å²) in [6.07, 6.45) is -1.35. The Morgan fingerprint density at radius 1 is 1.36 bits per heavy atom. The minimum Gasteiger partial charge on any atom is -0.396 e. The zero-order valence-corrected chi connectivity index (χ0v) is 7.63. The molecule has 4 heteroatoms. The lowest BCUT2D eigenvalue weighted by atomic mass is 9.94. The number of hydrogen-bond acceptors (Lipinski definition) is 3. The molecule has 0 saturated heterocycles. The first kappa shape index (κ1) is 10.7. The molecule has 2 atom stereocenters. The molecule has 2 unspecified atom stereocenters. The second-order valence-corrected chi connectivity index (χ2v) is 3.05. The van der Waals surface area contributed by atoms with Crippen LogP contribution in [0.2, 0.25) is 0 Å². The highest BCUT2D eigenvalue weighted by atomic mass is 16.3. The highest BCUT2D eigenvalue weighted by Gasteiger charge is 2.24. The van der Waals surface area contributed by atoms with Crippen LogP contribution in [0.4, 0.5) is 0 Å². The maximum Gasteiger partial charge on any atom is 0.246 e. The Labute approximate surface area is 82.0 Å². The Morgan fingerprint density at radius 3 is 2.36 bits per heavy atom. The van der Waals surface area contributed by atoms with Crippen molar-refractivity contribution in [3.8, 4) is 0 Å². The monoisotopic (exact) mass is 195 g/mol. The Bertz CT molecular complexity index is 299. The third-order valence-electron chi connectivity index (χ3n) is 2.10. The van der Waals surface area contributed by atoms with Gasteiger partial charge in [-0.05, 0) is 5.56 Å². The molecule has 1 aromatic carbocycles. The molecule has 0 saturated carbocycles. The number of nitrogens with two attached hydrogens (primary N) is 1. The summed E-state index contributed by atoms with van der Waals surface area (Å²) < 4.78 is 0. The number of aliphatic hydroxyl groups is 2. The van der Waals surface area contributed by atoms with Crippen molar-refractivity contribution < 1.29 is 15.0 Å². The summed E-state index contributed by atoms with van der Waals surface area (Å²) in [5.41, 5.74) is 5.65. The number of aliphatic hydroxyl groups excluding tert-OH is 2. The SMILES string of the molecule is NC(=O)C(O)C(CO)c1ccccc1. The van der Waals surface area contributed by atoms with Crippen molar-refractivity contribution in [2.75, 3.05) is 6.61 Å². The third-order valence-corrected chi connectivity index (χ3v) is 2.10. The van der Waals surface area contributed by atoms with Gasteiger partial charge in [0, 0.05) is 5.92 Å². The fraction of sp³-hybridized carbons (Fsp3) is 0.300. The van der Waals surface area contributed by atoms with Crippen molar-refractivity contribution in [1.29, 1.82) is 0 Å². The molecule has 0 heterocycles. The average molecular weight is 195 g/mol. The van der Waals surface area contributed by atoms with E-state index in [-0.39, 0.29) is 6.61 Å². The molecule has 1 aromatic rings. The number of carbonyl (C=O) groups excluding carboxylic acids is 1. The molecule has 0 fully saturated rings. The quantitative estimate of drug-likeness (QED) is 0.611. The van der Waals surface area contributed by atoms with Crippen LogP contribution in [0.15, 0.2) is 30.3 Å². The van der Waals surface area contributed by atoms with Gasteiger partial charge in [-0.25, -0.2) is 0 Å². The van der Waals surface area contributed by atoms with E-state index in [2.05, 4.69) is 0 Å². The average Bonchev–Trinajstić information content (AvgIpc) is 2.20. The molecule has 0 bridgehead atoms. The summed E-state index contributed by atoms with van der Waals surface area (Å²) in [7, 11) is 0. The van der Waals surface area contributed by atoms with E-state index >= 15 is 0 Å². The van der Waals surface area contributed by atoms with Gasteiger partial charge < -0.3 is 15.9 Å². The van der Waals surface area contributed by atoms with Crippen LogP contribution in [0.3, 0.4) is 0 Å². The van der Waals surface area contributed by atoms with Crippen LogP contribution < -0.4 is 5.73 Å². The van der Waals surface area contributed by atoms with Crippen LogP contribution >= 0.6 is 0 Å². The molecule has 76 valence electrons. The van der Waals surface area contributed by atoms with E-state index in [0.717, 1.165) is 0 Å². The lowest BCUT2D eigenvalue weighted by Crippen LogP contribution is -2.35. The molecule has 0 radical (unpaired) electrons. The molecule has 4 nitrogen and oxygen atoms in total. The van der Waals surface area contributed by atoms with Crippen molar-refractivity contribution >= 4 is 5.91 Å². The molecule has 1 rings (SSSR count). The maximum atomic E-state index is 10.7. The van der Waals surface area contributed by atoms with Crippen LogP contribution in [0.1, 0.15) is 11.5 Å². The van der Waals surface area contributed by atoms with Gasteiger partial charge in [0.2, 0.25) is 5.91 Å². The molecule has 14 heavy (non-hydrogen) atoms. The molecule has 0 aliphatic rings. The molecule has 0 aliphatic carbocycles. The van der Waals surface area contributed by atoms with Crippen LogP contribution in [0, 0.1) is 0 Å². The van der Waals surface area contributed by atoms with Gasteiger partial charge in [-0.15, -0.1) is 0 Å². The lowest BCUT2D eigenvalue weighted by molar-refractivity contribution is -0.127. The smallest absolute Gasteiger partial charge is 0.246 e. The van der Waals surface area contributed by atoms with Gasteiger partial charge in [0.1, 0.15) is 6.10 Å². The summed E-state index contributed by atoms with van der Waals surface area (Å²) in [4.78, 5) is 10.7. The van der Waals surface area contributed by atoms with Gasteiger partial charge in [0.15, 0.2) is 0 Å². The van der Waals surface area contributed by atoms with Crippen molar-refractivity contribution in [1.82, 2.24) is 0 Å². The topological polar surface area (TPSA) is 83.6 Å². The summed E-state index contributed by atoms with van der Waals surface area (Å²) in [6.45, 7) is -0.311. The Morgan fingerprint density at radius 2 is 1.93 bits per heavy atom. The second kappa shape index (κ2) is 4.74. The molecule has 4 N–H and O–H groups in total. The molecule has 0 spiro atoms. The summed E-state index contributed by atoms with van der Waals surface area (Å²) >= 11 is 0. The minimum absolute atomic E-state index is 0.311. The summed E-state index contributed by atoms with van der Waals surface area (Å²) in [5.74, 6) is -1.47. The summed E-state index contributed by atoms with van der Waals surface area (Å²) in [5, 5.41) is 18.4. The van der Waals surface area contributed by atoms with Crippen molar-refractivity contribution in [2.24, 2.45) is 5.73 Å². The largest absolute Gasteiger partial charge is 0.396 e. The predicted octanol–water partition coefficient (Wildman–Crippen LogP) is -0.391. The van der Waals surface area contributed by atoms with Crippen LogP contribution in [0.5, 0.6) is 0 Å². The van der Waals surface area contributed by atoms with Crippen molar-refractivity contribution in [2.45, 2.75) is 12.0 Å². The summed E-state index contributed by atoms with van der Waals surface area (Å²) in [6, 6.07) is 8.81. The maximum absolute atomic E-state index is 10.7. The van der Waals surface area contributed by atoms with Gasteiger partial charge in [0.05, 0.1) is 6.61 Å². The van der Waals surface area contributed by atoms with E-state index in [1.807, 2.05) is 6.07 Å². The van der Waals surface area contributed by atoms with E-state index in [9.17, 15) is 9.90 Å². The van der Waals surface area contributed by atoms with E-state index < -0.39 is 17.9 Å². The highest BCUT2D eigenvalue weighted by molar-refractivity contribution is 5.79. The van der Waals surface area contributed by atoms with Gasteiger partial charge in [-0.3, -0.25) is 4.79 Å². The zero-order chi connectivity index (χ0) is 10.6. The third kappa shape index (κ3) is 2.31. The number of hydrogen-bond donors (Lipinski definition) is 3. The van der Waals surface area contributed by atoms with E-state index in [1.54, 1.807) is 24.3 Å². The Balaban J connectivity index is 2.87. The fourth-order valence-electron chi connectivity index (χ4n) is 1.29. The number of carbonyl (C=O) groups is 1. The zero-order valence-electron chi connectivity index (χ0n) is 7.63. The first-order valence-electron chi connectivity index (χ1n) is 4.30. The highest BCUT2D eigenvalue weighted by Crippen LogP contribution is 2.18. The van der Waals surface area contributed by atoms with E-state index in [0.29, 0.717) is 5.56 Å². The molecular weight excluding hydrogens is 182 g/mol. The van der Waals surface area contributed by atoms with Crippen LogP contribution in [-0.2, 0) is 4.79 Å². The van der Waals surface area contributed by atoms with Gasteiger partial charge in [-0.1, -0.05) is 30.3 Å². The first-order chi connectivity index (χ1) is 6.66. The number of amides is 1. The fourth-order valence-corrected chi connectivity index (χ4v) is 1.29. The van der Waals surface area contributed by atoms with Crippen LogP contribution in [0.25, 0.3) is 0 Å². The first-order valence-corrected chi connectivity index (χ1v) is 4.30. The Hall–Kier alpha value is -1.39. The predicted molar refractivity (Wildman–Crippen MR) is 51.5 cm³/mol. The van der Waals surface area contributed by atoms with Crippen molar-refractivity contribution in [3.05, 3.63) is 35.9 Å². The molecular formula is C10H13NO3. The Kier molecular flexibility index (Phi) is 3.62. The number of rotatable bonds is 4. The van der Waals surface area contributed by atoms with E-state index in [4.69, 9.17) is 10.8 Å². The van der Waals surface area contributed by atoms with Crippen LogP contribution in [-0.4, -0.2) is 28.8 Å². The van der Waals surface area contributed by atoms with Gasteiger partial charge in [-0.2, -0.15) is 0 Å². The molecule has 0 aliphatic heterocycles. The normalized spacial score (nSPS) is 14.7. The number of benzene rings is 1.